The zero-order valence-corrected chi connectivity index (χ0v) is 13.0. The van der Waals surface area contributed by atoms with Crippen LogP contribution in [0.1, 0.15) is 24.4 Å². The topological polar surface area (TPSA) is 68.8 Å². The van der Waals surface area contributed by atoms with Gasteiger partial charge in [0.05, 0.1) is 28.2 Å². The number of para-hydroxylation sites is 1. The quantitative estimate of drug-likeness (QED) is 0.786. The van der Waals surface area contributed by atoms with Gasteiger partial charge < -0.3 is 5.11 Å². The summed E-state index contributed by atoms with van der Waals surface area (Å²) in [7, 11) is 0. The van der Waals surface area contributed by atoms with E-state index in [9.17, 15) is 5.11 Å². The molecule has 7 heteroatoms. The molecule has 0 saturated carbocycles. The number of benzene rings is 1. The molecule has 0 fully saturated rings. The highest BCUT2D eigenvalue weighted by molar-refractivity contribution is 9.10. The number of halogens is 1. The predicted octanol–water partition coefficient (Wildman–Crippen LogP) is 2.33. The van der Waals surface area contributed by atoms with E-state index in [1.165, 1.54) is 4.80 Å². The Bertz CT molecular complexity index is 737. The molecule has 0 aliphatic heterocycles. The minimum absolute atomic E-state index is 0.481. The van der Waals surface area contributed by atoms with E-state index in [0.29, 0.717) is 17.9 Å². The van der Waals surface area contributed by atoms with Crippen LogP contribution < -0.4 is 0 Å². The van der Waals surface area contributed by atoms with Crippen LogP contribution in [-0.2, 0) is 6.54 Å². The molecule has 0 amide bonds. The lowest BCUT2D eigenvalue weighted by molar-refractivity contribution is 0.202. The highest BCUT2D eigenvalue weighted by Gasteiger charge is 2.22. The molecule has 0 aliphatic rings. The Labute approximate surface area is 130 Å². The summed E-state index contributed by atoms with van der Waals surface area (Å²) in [5, 5.41) is 23.3. The third kappa shape index (κ3) is 2.62. The number of aromatic nitrogens is 5. The van der Waals surface area contributed by atoms with Crippen LogP contribution >= 0.6 is 15.9 Å². The van der Waals surface area contributed by atoms with E-state index in [1.54, 1.807) is 17.1 Å². The summed E-state index contributed by atoms with van der Waals surface area (Å²) in [6.45, 7) is 2.64. The first-order valence-corrected chi connectivity index (χ1v) is 7.37. The molecule has 1 aromatic carbocycles. The standard InChI is InChI=1S/C14H14BrN5O/c1-2-19-13(11(15)8-16-19)14(21)12-9-17-20(18-12)10-6-4-3-5-7-10/h3-9,14,21H,2H2,1H3. The molecule has 108 valence electrons. The first kappa shape index (κ1) is 14.0. The fraction of sp³-hybridized carbons (Fsp3) is 0.214. The number of hydrogen-bond donors (Lipinski definition) is 1. The number of aliphatic hydroxyl groups excluding tert-OH is 1. The molecule has 0 saturated heterocycles. The van der Waals surface area contributed by atoms with Gasteiger partial charge in [-0.15, -0.1) is 0 Å². The lowest BCUT2D eigenvalue weighted by Crippen LogP contribution is -2.10. The van der Waals surface area contributed by atoms with Crippen molar-refractivity contribution in [2.75, 3.05) is 0 Å². The average molecular weight is 348 g/mol. The first-order chi connectivity index (χ1) is 10.2. The van der Waals surface area contributed by atoms with Gasteiger partial charge in [-0.25, -0.2) is 0 Å². The molecule has 2 heterocycles. The second-order valence-electron chi connectivity index (χ2n) is 4.49. The van der Waals surface area contributed by atoms with Gasteiger partial charge in [0.15, 0.2) is 0 Å². The van der Waals surface area contributed by atoms with Crippen LogP contribution in [0.4, 0.5) is 0 Å². The summed E-state index contributed by atoms with van der Waals surface area (Å²) < 4.78 is 2.49. The van der Waals surface area contributed by atoms with Gasteiger partial charge in [-0.05, 0) is 35.0 Å². The van der Waals surface area contributed by atoms with Crippen molar-refractivity contribution in [3.05, 3.63) is 58.6 Å². The van der Waals surface area contributed by atoms with E-state index in [4.69, 9.17) is 0 Å². The van der Waals surface area contributed by atoms with Gasteiger partial charge in [0.2, 0.25) is 0 Å². The summed E-state index contributed by atoms with van der Waals surface area (Å²) >= 11 is 3.41. The Kier molecular flexibility index (Phi) is 3.85. The minimum atomic E-state index is -0.876. The number of rotatable bonds is 4. The van der Waals surface area contributed by atoms with Crippen LogP contribution in [0.3, 0.4) is 0 Å². The maximum atomic E-state index is 10.5. The lowest BCUT2D eigenvalue weighted by Gasteiger charge is -2.10. The van der Waals surface area contributed by atoms with Crippen molar-refractivity contribution in [3.8, 4) is 5.69 Å². The molecule has 1 N–H and O–H groups in total. The van der Waals surface area contributed by atoms with Crippen molar-refractivity contribution in [1.82, 2.24) is 24.8 Å². The Morgan fingerprint density at radius 2 is 1.95 bits per heavy atom. The normalized spacial score (nSPS) is 12.5. The third-order valence-corrected chi connectivity index (χ3v) is 3.78. The van der Waals surface area contributed by atoms with Gasteiger partial charge in [0, 0.05) is 6.54 Å². The SMILES string of the molecule is CCn1ncc(Br)c1C(O)c1cnn(-c2ccccc2)n1. The molecular weight excluding hydrogens is 334 g/mol. The molecule has 0 radical (unpaired) electrons. The van der Waals surface area contributed by atoms with Crippen molar-refractivity contribution in [2.45, 2.75) is 19.6 Å². The van der Waals surface area contributed by atoms with Crippen molar-refractivity contribution in [1.29, 1.82) is 0 Å². The van der Waals surface area contributed by atoms with Crippen LogP contribution in [0.15, 0.2) is 47.2 Å². The molecule has 3 rings (SSSR count). The van der Waals surface area contributed by atoms with Crippen molar-refractivity contribution < 1.29 is 5.11 Å². The molecule has 0 bridgehead atoms. The van der Waals surface area contributed by atoms with E-state index in [2.05, 4.69) is 31.2 Å². The maximum Gasteiger partial charge on any atom is 0.142 e. The third-order valence-electron chi connectivity index (χ3n) is 3.17. The molecule has 0 spiro atoms. The van der Waals surface area contributed by atoms with Gasteiger partial charge in [-0.2, -0.15) is 20.1 Å². The Balaban J connectivity index is 1.94. The van der Waals surface area contributed by atoms with E-state index in [0.717, 1.165) is 10.2 Å². The van der Waals surface area contributed by atoms with E-state index < -0.39 is 6.10 Å². The molecule has 1 unspecified atom stereocenters. The Hall–Kier alpha value is -1.99. The Morgan fingerprint density at radius 1 is 1.19 bits per heavy atom. The van der Waals surface area contributed by atoms with E-state index in [1.807, 2.05) is 37.3 Å². The molecule has 21 heavy (non-hydrogen) atoms. The molecule has 2 aromatic heterocycles. The van der Waals surface area contributed by atoms with Crippen molar-refractivity contribution in [3.63, 3.8) is 0 Å². The first-order valence-electron chi connectivity index (χ1n) is 6.57. The maximum absolute atomic E-state index is 10.5. The fourth-order valence-electron chi connectivity index (χ4n) is 2.12. The molecular formula is C14H14BrN5O. The fourth-order valence-corrected chi connectivity index (χ4v) is 2.63. The summed E-state index contributed by atoms with van der Waals surface area (Å²) in [5.41, 5.74) is 2.01. The summed E-state index contributed by atoms with van der Waals surface area (Å²) in [5.74, 6) is 0. The Morgan fingerprint density at radius 3 is 2.67 bits per heavy atom. The van der Waals surface area contributed by atoms with Crippen LogP contribution in [-0.4, -0.2) is 29.9 Å². The smallest absolute Gasteiger partial charge is 0.142 e. The summed E-state index contributed by atoms with van der Waals surface area (Å²) in [6, 6.07) is 9.57. The highest BCUT2D eigenvalue weighted by atomic mass is 79.9. The van der Waals surface area contributed by atoms with Gasteiger partial charge in [-0.3, -0.25) is 4.68 Å². The average Bonchev–Trinajstić information content (AvgIpc) is 3.14. The summed E-state index contributed by atoms with van der Waals surface area (Å²) in [6.07, 6.45) is 2.36. The van der Waals surface area contributed by atoms with Gasteiger partial charge in [-0.1, -0.05) is 18.2 Å². The van der Waals surface area contributed by atoms with Crippen molar-refractivity contribution >= 4 is 15.9 Å². The van der Waals surface area contributed by atoms with Crippen LogP contribution in [0.2, 0.25) is 0 Å². The van der Waals surface area contributed by atoms with Gasteiger partial charge in [0.1, 0.15) is 11.8 Å². The zero-order valence-electron chi connectivity index (χ0n) is 11.4. The number of aryl methyl sites for hydroxylation is 1. The van der Waals surface area contributed by atoms with Crippen LogP contribution in [0.25, 0.3) is 5.69 Å². The lowest BCUT2D eigenvalue weighted by atomic mass is 10.2. The monoisotopic (exact) mass is 347 g/mol. The number of nitrogens with zero attached hydrogens (tertiary/aromatic N) is 5. The number of hydrogen-bond acceptors (Lipinski definition) is 4. The predicted molar refractivity (Wildman–Crippen MR) is 81.0 cm³/mol. The van der Waals surface area contributed by atoms with Gasteiger partial charge >= 0.3 is 0 Å². The highest BCUT2D eigenvalue weighted by Crippen LogP contribution is 2.27. The van der Waals surface area contributed by atoms with E-state index >= 15 is 0 Å². The van der Waals surface area contributed by atoms with E-state index in [-0.39, 0.29) is 0 Å². The molecule has 6 nitrogen and oxygen atoms in total. The molecule has 0 aliphatic carbocycles. The van der Waals surface area contributed by atoms with Gasteiger partial charge in [0.25, 0.3) is 0 Å². The zero-order chi connectivity index (χ0) is 14.8. The second kappa shape index (κ2) is 5.79. The van der Waals surface area contributed by atoms with Crippen molar-refractivity contribution in [2.24, 2.45) is 0 Å². The summed E-state index contributed by atoms with van der Waals surface area (Å²) in [4.78, 5) is 1.50. The minimum Gasteiger partial charge on any atom is -0.380 e. The largest absolute Gasteiger partial charge is 0.380 e. The second-order valence-corrected chi connectivity index (χ2v) is 5.34. The number of aliphatic hydroxyl groups is 1. The van der Waals surface area contributed by atoms with Crippen LogP contribution in [0, 0.1) is 0 Å². The molecule has 3 aromatic rings. The molecule has 1 atom stereocenters. The van der Waals surface area contributed by atoms with Crippen LogP contribution in [0.5, 0.6) is 0 Å².